The Hall–Kier alpha value is -0.400. The van der Waals surface area contributed by atoms with Gasteiger partial charge in [-0.1, -0.05) is 11.6 Å². The van der Waals surface area contributed by atoms with E-state index in [2.05, 4.69) is 5.32 Å². The van der Waals surface area contributed by atoms with Crippen LogP contribution in [0.2, 0.25) is 5.02 Å². The molecule has 0 bridgehead atoms. The predicted molar refractivity (Wildman–Crippen MR) is 74.9 cm³/mol. The van der Waals surface area contributed by atoms with E-state index in [1.807, 2.05) is 6.92 Å². The average molecular weight is 329 g/mol. The molecule has 0 spiro atoms. The molecule has 1 aromatic carbocycles. The monoisotopic (exact) mass is 328 g/mol. The van der Waals surface area contributed by atoms with E-state index in [0.717, 1.165) is 12.1 Å². The van der Waals surface area contributed by atoms with E-state index in [4.69, 9.17) is 11.6 Å². The van der Waals surface area contributed by atoms with Crippen molar-refractivity contribution in [3.8, 4) is 0 Å². The summed E-state index contributed by atoms with van der Waals surface area (Å²) in [5.74, 6) is -0.549. The predicted octanol–water partition coefficient (Wildman–Crippen LogP) is 1.88. The lowest BCUT2D eigenvalue weighted by atomic mass is 10.3. The van der Waals surface area contributed by atoms with Crippen molar-refractivity contribution in [3.05, 3.63) is 29.0 Å². The lowest BCUT2D eigenvalue weighted by Gasteiger charge is -2.33. The molecule has 0 amide bonds. The second kappa shape index (κ2) is 6.37. The van der Waals surface area contributed by atoms with Gasteiger partial charge in [-0.25, -0.2) is 12.8 Å². The number of rotatable bonds is 2. The molecule has 4 nitrogen and oxygen atoms in total. The van der Waals surface area contributed by atoms with Crippen molar-refractivity contribution in [2.24, 2.45) is 0 Å². The highest BCUT2D eigenvalue weighted by Crippen LogP contribution is 2.26. The number of sulfonamides is 1. The smallest absolute Gasteiger partial charge is 0.244 e. The standard InChI is InChI=1S/C11H14ClFN2O2S.ClH/c1-8-7-14-4-5-15(8)18(16,17)11-3-2-9(13)6-10(11)12;/h2-3,6,8,14H,4-5,7H2,1H3;1H. The summed E-state index contributed by atoms with van der Waals surface area (Å²) in [5, 5.41) is 3.03. The first-order chi connectivity index (χ1) is 8.43. The van der Waals surface area contributed by atoms with Crippen LogP contribution in [0.15, 0.2) is 23.1 Å². The van der Waals surface area contributed by atoms with Crippen LogP contribution in [-0.2, 0) is 10.0 Å². The van der Waals surface area contributed by atoms with Crippen LogP contribution >= 0.6 is 24.0 Å². The highest BCUT2D eigenvalue weighted by atomic mass is 35.5. The molecule has 1 atom stereocenters. The number of hydrogen-bond acceptors (Lipinski definition) is 3. The van der Waals surface area contributed by atoms with Gasteiger partial charge in [-0.3, -0.25) is 0 Å². The molecule has 1 saturated heterocycles. The molecule has 1 N–H and O–H groups in total. The van der Waals surface area contributed by atoms with Crippen molar-refractivity contribution >= 4 is 34.0 Å². The van der Waals surface area contributed by atoms with Crippen LogP contribution in [0.5, 0.6) is 0 Å². The molecule has 0 aromatic heterocycles. The summed E-state index contributed by atoms with van der Waals surface area (Å²) in [6, 6.07) is 3.18. The molecule has 0 radical (unpaired) electrons. The van der Waals surface area contributed by atoms with Gasteiger partial charge < -0.3 is 5.32 Å². The maximum atomic E-state index is 13.0. The zero-order chi connectivity index (χ0) is 13.3. The number of hydrogen-bond donors (Lipinski definition) is 1. The Labute approximate surface area is 123 Å². The summed E-state index contributed by atoms with van der Waals surface area (Å²) in [5.41, 5.74) is 0. The van der Waals surface area contributed by atoms with E-state index in [0.29, 0.717) is 19.6 Å². The topological polar surface area (TPSA) is 49.4 Å². The van der Waals surface area contributed by atoms with Gasteiger partial charge in [0.05, 0.1) is 5.02 Å². The SMILES string of the molecule is CC1CNCCN1S(=O)(=O)c1ccc(F)cc1Cl.Cl. The van der Waals surface area contributed by atoms with Crippen LogP contribution in [0.3, 0.4) is 0 Å². The third kappa shape index (κ3) is 3.38. The minimum atomic E-state index is -3.66. The zero-order valence-electron chi connectivity index (χ0n) is 10.3. The fraction of sp³-hybridized carbons (Fsp3) is 0.455. The molecular weight excluding hydrogens is 314 g/mol. The molecule has 2 rings (SSSR count). The fourth-order valence-corrected chi connectivity index (χ4v) is 4.13. The van der Waals surface area contributed by atoms with E-state index in [9.17, 15) is 12.8 Å². The summed E-state index contributed by atoms with van der Waals surface area (Å²) < 4.78 is 39.2. The molecule has 1 fully saturated rings. The number of halogens is 3. The first-order valence-electron chi connectivity index (χ1n) is 5.60. The molecule has 1 heterocycles. The summed E-state index contributed by atoms with van der Waals surface area (Å²) in [6.45, 7) is 3.40. The highest BCUT2D eigenvalue weighted by Gasteiger charge is 2.32. The Morgan fingerprint density at radius 3 is 2.74 bits per heavy atom. The van der Waals surface area contributed by atoms with Gasteiger partial charge in [0.1, 0.15) is 10.7 Å². The quantitative estimate of drug-likeness (QED) is 0.901. The second-order valence-electron chi connectivity index (χ2n) is 4.24. The Morgan fingerprint density at radius 1 is 1.47 bits per heavy atom. The van der Waals surface area contributed by atoms with Crippen LogP contribution in [0, 0.1) is 5.82 Å². The molecule has 1 aliphatic rings. The van der Waals surface area contributed by atoms with Gasteiger partial charge in [0.2, 0.25) is 10.0 Å². The molecule has 108 valence electrons. The third-order valence-electron chi connectivity index (χ3n) is 2.92. The fourth-order valence-electron chi connectivity index (χ4n) is 1.99. The Morgan fingerprint density at radius 2 is 2.16 bits per heavy atom. The molecule has 1 aromatic rings. The Kier molecular flexibility index (Phi) is 5.58. The van der Waals surface area contributed by atoms with Crippen molar-refractivity contribution < 1.29 is 12.8 Å². The molecule has 19 heavy (non-hydrogen) atoms. The van der Waals surface area contributed by atoms with Gasteiger partial charge in [-0.15, -0.1) is 12.4 Å². The van der Waals surface area contributed by atoms with Crippen molar-refractivity contribution in [2.75, 3.05) is 19.6 Å². The number of piperazine rings is 1. The van der Waals surface area contributed by atoms with Crippen LogP contribution in [0.4, 0.5) is 4.39 Å². The maximum absolute atomic E-state index is 13.0. The number of benzene rings is 1. The molecule has 8 heteroatoms. The van der Waals surface area contributed by atoms with E-state index in [1.165, 1.54) is 10.4 Å². The summed E-state index contributed by atoms with van der Waals surface area (Å²) in [6.07, 6.45) is 0. The van der Waals surface area contributed by atoms with Crippen molar-refractivity contribution in [3.63, 3.8) is 0 Å². The number of nitrogens with one attached hydrogen (secondary N) is 1. The Bertz CT molecular complexity index is 554. The largest absolute Gasteiger partial charge is 0.314 e. The maximum Gasteiger partial charge on any atom is 0.244 e. The molecule has 0 saturated carbocycles. The number of nitrogens with zero attached hydrogens (tertiary/aromatic N) is 1. The van der Waals surface area contributed by atoms with Gasteiger partial charge in [0, 0.05) is 25.7 Å². The van der Waals surface area contributed by atoms with Gasteiger partial charge in [-0.05, 0) is 25.1 Å². The van der Waals surface area contributed by atoms with E-state index in [1.54, 1.807) is 0 Å². The first kappa shape index (κ1) is 16.7. The molecule has 1 aliphatic heterocycles. The summed E-state index contributed by atoms with van der Waals surface area (Å²) >= 11 is 5.82. The minimum absolute atomic E-state index is 0. The zero-order valence-corrected chi connectivity index (χ0v) is 12.7. The van der Waals surface area contributed by atoms with Gasteiger partial charge in [-0.2, -0.15) is 4.31 Å². The van der Waals surface area contributed by atoms with Gasteiger partial charge in [0.15, 0.2) is 0 Å². The summed E-state index contributed by atoms with van der Waals surface area (Å²) in [7, 11) is -3.66. The average Bonchev–Trinajstić information content (AvgIpc) is 2.28. The normalized spacial score (nSPS) is 20.9. The van der Waals surface area contributed by atoms with E-state index < -0.39 is 15.8 Å². The van der Waals surface area contributed by atoms with Crippen molar-refractivity contribution in [2.45, 2.75) is 17.9 Å². The second-order valence-corrected chi connectivity index (χ2v) is 6.51. The van der Waals surface area contributed by atoms with E-state index in [-0.39, 0.29) is 28.4 Å². The van der Waals surface area contributed by atoms with E-state index >= 15 is 0 Å². The van der Waals surface area contributed by atoms with Crippen LogP contribution in [-0.4, -0.2) is 38.4 Å². The summed E-state index contributed by atoms with van der Waals surface area (Å²) in [4.78, 5) is -0.0423. The lowest BCUT2D eigenvalue weighted by Crippen LogP contribution is -2.52. The van der Waals surface area contributed by atoms with Crippen LogP contribution < -0.4 is 5.32 Å². The molecular formula is C11H15Cl2FN2O2S. The van der Waals surface area contributed by atoms with Crippen LogP contribution in [0.25, 0.3) is 0 Å². The van der Waals surface area contributed by atoms with Gasteiger partial charge in [0.25, 0.3) is 0 Å². The van der Waals surface area contributed by atoms with Gasteiger partial charge >= 0.3 is 0 Å². The molecule has 0 aliphatic carbocycles. The van der Waals surface area contributed by atoms with Crippen molar-refractivity contribution in [1.82, 2.24) is 9.62 Å². The van der Waals surface area contributed by atoms with Crippen LogP contribution in [0.1, 0.15) is 6.92 Å². The first-order valence-corrected chi connectivity index (χ1v) is 7.42. The third-order valence-corrected chi connectivity index (χ3v) is 5.42. The van der Waals surface area contributed by atoms with Crippen molar-refractivity contribution in [1.29, 1.82) is 0 Å². The highest BCUT2D eigenvalue weighted by molar-refractivity contribution is 7.89. The molecule has 1 unspecified atom stereocenters. The minimum Gasteiger partial charge on any atom is -0.314 e. The Balaban J connectivity index is 0.00000180. The lowest BCUT2D eigenvalue weighted by molar-refractivity contribution is 0.284.